The summed E-state index contributed by atoms with van der Waals surface area (Å²) in [5.41, 5.74) is 6.53. The Bertz CT molecular complexity index is 334. The van der Waals surface area contributed by atoms with Crippen molar-refractivity contribution < 1.29 is 4.39 Å². The van der Waals surface area contributed by atoms with Crippen LogP contribution in [0, 0.1) is 11.2 Å². The van der Waals surface area contributed by atoms with Crippen LogP contribution in [-0.4, -0.2) is 0 Å². The van der Waals surface area contributed by atoms with Crippen LogP contribution < -0.4 is 5.73 Å². The molecule has 0 heterocycles. The van der Waals surface area contributed by atoms with E-state index in [1.807, 2.05) is 20.8 Å². The van der Waals surface area contributed by atoms with E-state index in [-0.39, 0.29) is 29.7 Å². The van der Waals surface area contributed by atoms with E-state index < -0.39 is 0 Å². The number of rotatable bonds is 1. The lowest BCUT2D eigenvalue weighted by Gasteiger charge is -2.28. The van der Waals surface area contributed by atoms with E-state index in [4.69, 9.17) is 17.3 Å². The first-order chi connectivity index (χ1) is 6.32. The van der Waals surface area contributed by atoms with Crippen LogP contribution in [0.1, 0.15) is 32.4 Å². The van der Waals surface area contributed by atoms with Gasteiger partial charge in [-0.05, 0) is 29.2 Å². The summed E-state index contributed by atoms with van der Waals surface area (Å²) in [4.78, 5) is 0. The van der Waals surface area contributed by atoms with Crippen LogP contribution in [0.4, 0.5) is 4.39 Å². The molecule has 0 saturated heterocycles. The molecule has 1 aromatic rings. The SMILES string of the molecule is CC(C)(C)[C@H](N)c1cc(F)ccc1Cl.Cl. The predicted octanol–water partition coefficient (Wildman–Crippen LogP) is 3.95. The fourth-order valence-corrected chi connectivity index (χ4v) is 1.45. The summed E-state index contributed by atoms with van der Waals surface area (Å²) < 4.78 is 13.0. The minimum Gasteiger partial charge on any atom is -0.323 e. The Morgan fingerprint density at radius 1 is 1.33 bits per heavy atom. The fraction of sp³-hybridized carbons (Fsp3) is 0.455. The van der Waals surface area contributed by atoms with Gasteiger partial charge in [-0.3, -0.25) is 0 Å². The van der Waals surface area contributed by atoms with Gasteiger partial charge in [-0.25, -0.2) is 4.39 Å². The molecule has 1 aromatic carbocycles. The molecule has 1 rings (SSSR count). The smallest absolute Gasteiger partial charge is 0.123 e. The number of nitrogens with two attached hydrogens (primary N) is 1. The fourth-order valence-electron chi connectivity index (χ4n) is 1.22. The highest BCUT2D eigenvalue weighted by Gasteiger charge is 2.24. The lowest BCUT2D eigenvalue weighted by molar-refractivity contribution is 0.326. The Morgan fingerprint density at radius 3 is 2.33 bits per heavy atom. The van der Waals surface area contributed by atoms with Crippen molar-refractivity contribution in [3.8, 4) is 0 Å². The summed E-state index contributed by atoms with van der Waals surface area (Å²) in [6.07, 6.45) is 0. The Morgan fingerprint density at radius 2 is 1.87 bits per heavy atom. The van der Waals surface area contributed by atoms with E-state index in [2.05, 4.69) is 0 Å². The molecule has 0 fully saturated rings. The van der Waals surface area contributed by atoms with Gasteiger partial charge in [0.2, 0.25) is 0 Å². The van der Waals surface area contributed by atoms with Gasteiger partial charge in [0.1, 0.15) is 5.82 Å². The molecule has 0 saturated carbocycles. The molecule has 4 heteroatoms. The summed E-state index contributed by atoms with van der Waals surface area (Å²) >= 11 is 5.95. The molecule has 2 N–H and O–H groups in total. The van der Waals surface area contributed by atoms with Crippen molar-refractivity contribution in [3.63, 3.8) is 0 Å². The highest BCUT2D eigenvalue weighted by atomic mass is 35.5. The van der Waals surface area contributed by atoms with Crippen LogP contribution in [0.15, 0.2) is 18.2 Å². The molecule has 1 atom stereocenters. The number of hydrogen-bond donors (Lipinski definition) is 1. The maximum Gasteiger partial charge on any atom is 0.123 e. The Kier molecular flexibility index (Phi) is 5.04. The lowest BCUT2D eigenvalue weighted by atomic mass is 9.83. The van der Waals surface area contributed by atoms with Crippen molar-refractivity contribution in [1.29, 1.82) is 0 Å². The van der Waals surface area contributed by atoms with Gasteiger partial charge in [0.25, 0.3) is 0 Å². The second-order valence-corrected chi connectivity index (χ2v) is 4.92. The van der Waals surface area contributed by atoms with Crippen molar-refractivity contribution in [3.05, 3.63) is 34.6 Å². The van der Waals surface area contributed by atoms with Gasteiger partial charge in [0.05, 0.1) is 0 Å². The molecular formula is C11H16Cl2FN. The summed E-state index contributed by atoms with van der Waals surface area (Å²) in [7, 11) is 0. The van der Waals surface area contributed by atoms with Crippen molar-refractivity contribution >= 4 is 24.0 Å². The third-order valence-corrected chi connectivity index (χ3v) is 2.57. The van der Waals surface area contributed by atoms with Gasteiger partial charge >= 0.3 is 0 Å². The molecule has 0 aliphatic carbocycles. The van der Waals surface area contributed by atoms with Crippen LogP contribution >= 0.6 is 24.0 Å². The standard InChI is InChI=1S/C11H15ClFN.ClH/c1-11(2,3)10(14)8-6-7(13)4-5-9(8)12;/h4-6,10H,14H2,1-3H3;1H/t10-;/m1./s1. The largest absolute Gasteiger partial charge is 0.323 e. The second kappa shape index (κ2) is 5.15. The average Bonchev–Trinajstić information content (AvgIpc) is 2.06. The highest BCUT2D eigenvalue weighted by molar-refractivity contribution is 6.31. The number of benzene rings is 1. The molecule has 0 aliphatic heterocycles. The van der Waals surface area contributed by atoms with Crippen molar-refractivity contribution in [2.24, 2.45) is 11.1 Å². The molecule has 0 spiro atoms. The van der Waals surface area contributed by atoms with E-state index in [0.717, 1.165) is 0 Å². The van der Waals surface area contributed by atoms with E-state index in [1.165, 1.54) is 18.2 Å². The summed E-state index contributed by atoms with van der Waals surface area (Å²) in [6.45, 7) is 6.00. The van der Waals surface area contributed by atoms with E-state index >= 15 is 0 Å². The minimum absolute atomic E-state index is 0. The Balaban J connectivity index is 0.00000196. The predicted molar refractivity (Wildman–Crippen MR) is 65.0 cm³/mol. The molecule has 1 nitrogen and oxygen atoms in total. The monoisotopic (exact) mass is 251 g/mol. The zero-order valence-electron chi connectivity index (χ0n) is 9.05. The van der Waals surface area contributed by atoms with Gasteiger partial charge in [-0.2, -0.15) is 0 Å². The van der Waals surface area contributed by atoms with Crippen molar-refractivity contribution in [2.45, 2.75) is 26.8 Å². The topological polar surface area (TPSA) is 26.0 Å². The summed E-state index contributed by atoms with van der Waals surface area (Å²) in [5.74, 6) is -0.302. The van der Waals surface area contributed by atoms with Gasteiger partial charge < -0.3 is 5.73 Å². The third-order valence-electron chi connectivity index (χ3n) is 2.23. The molecule has 0 radical (unpaired) electrons. The number of halogens is 3. The van der Waals surface area contributed by atoms with Crippen molar-refractivity contribution in [2.75, 3.05) is 0 Å². The zero-order chi connectivity index (χ0) is 10.9. The molecule has 0 aromatic heterocycles. The normalized spacial score (nSPS) is 13.2. The maximum atomic E-state index is 13.0. The van der Waals surface area contributed by atoms with E-state index in [1.54, 1.807) is 0 Å². The highest BCUT2D eigenvalue weighted by Crippen LogP contribution is 2.34. The minimum atomic E-state index is -0.302. The van der Waals surface area contributed by atoms with E-state index in [9.17, 15) is 4.39 Å². The quantitative estimate of drug-likeness (QED) is 0.804. The Labute approximate surface area is 101 Å². The molecule has 0 aliphatic rings. The number of hydrogen-bond acceptors (Lipinski definition) is 1. The van der Waals surface area contributed by atoms with Gasteiger partial charge in [0.15, 0.2) is 0 Å². The lowest BCUT2D eigenvalue weighted by Crippen LogP contribution is -2.26. The molecule has 0 bridgehead atoms. The molecule has 0 unspecified atom stereocenters. The zero-order valence-corrected chi connectivity index (χ0v) is 10.6. The Hall–Kier alpha value is -0.310. The van der Waals surface area contributed by atoms with Crippen molar-refractivity contribution in [1.82, 2.24) is 0 Å². The van der Waals surface area contributed by atoms with Crippen LogP contribution in [-0.2, 0) is 0 Å². The molecule has 15 heavy (non-hydrogen) atoms. The van der Waals surface area contributed by atoms with Crippen LogP contribution in [0.3, 0.4) is 0 Å². The van der Waals surface area contributed by atoms with Crippen LogP contribution in [0.2, 0.25) is 5.02 Å². The third kappa shape index (κ3) is 3.63. The maximum absolute atomic E-state index is 13.0. The molecular weight excluding hydrogens is 236 g/mol. The van der Waals surface area contributed by atoms with Gasteiger partial charge in [-0.1, -0.05) is 32.4 Å². The van der Waals surface area contributed by atoms with Gasteiger partial charge in [0, 0.05) is 11.1 Å². The first kappa shape index (κ1) is 14.7. The summed E-state index contributed by atoms with van der Waals surface area (Å²) in [5, 5.41) is 0.522. The average molecular weight is 252 g/mol. The summed E-state index contributed by atoms with van der Waals surface area (Å²) in [6, 6.07) is 4.02. The second-order valence-electron chi connectivity index (χ2n) is 4.51. The van der Waals surface area contributed by atoms with Gasteiger partial charge in [-0.15, -0.1) is 12.4 Å². The molecule has 86 valence electrons. The first-order valence-electron chi connectivity index (χ1n) is 4.53. The van der Waals surface area contributed by atoms with E-state index in [0.29, 0.717) is 10.6 Å². The first-order valence-corrected chi connectivity index (χ1v) is 4.90. The molecule has 0 amide bonds. The van der Waals surface area contributed by atoms with Crippen LogP contribution in [0.25, 0.3) is 0 Å². The van der Waals surface area contributed by atoms with Crippen LogP contribution in [0.5, 0.6) is 0 Å².